The SMILES string of the molecule is COCCN(c1ccncc1N)C(C)C1CC1. The highest BCUT2D eigenvalue weighted by molar-refractivity contribution is 5.66. The van der Waals surface area contributed by atoms with Crippen LogP contribution in [0.1, 0.15) is 19.8 Å². The van der Waals surface area contributed by atoms with E-state index in [4.69, 9.17) is 10.5 Å². The van der Waals surface area contributed by atoms with E-state index in [0.29, 0.717) is 6.04 Å². The number of methoxy groups -OCH3 is 1. The summed E-state index contributed by atoms with van der Waals surface area (Å²) in [5.74, 6) is 0.805. The van der Waals surface area contributed by atoms with Crippen molar-refractivity contribution in [3.63, 3.8) is 0 Å². The number of anilines is 2. The van der Waals surface area contributed by atoms with Crippen LogP contribution in [0.15, 0.2) is 18.5 Å². The van der Waals surface area contributed by atoms with E-state index in [1.165, 1.54) is 12.8 Å². The lowest BCUT2D eigenvalue weighted by atomic mass is 10.1. The molecule has 1 fully saturated rings. The van der Waals surface area contributed by atoms with E-state index < -0.39 is 0 Å². The Labute approximate surface area is 103 Å². The van der Waals surface area contributed by atoms with Crippen molar-refractivity contribution in [2.24, 2.45) is 5.92 Å². The largest absolute Gasteiger partial charge is 0.396 e. The van der Waals surface area contributed by atoms with E-state index in [9.17, 15) is 0 Å². The van der Waals surface area contributed by atoms with Crippen LogP contribution in [0.2, 0.25) is 0 Å². The lowest BCUT2D eigenvalue weighted by Crippen LogP contribution is -2.37. The Morgan fingerprint density at radius 1 is 1.59 bits per heavy atom. The first-order valence-electron chi connectivity index (χ1n) is 6.19. The quantitative estimate of drug-likeness (QED) is 0.818. The molecule has 0 spiro atoms. The molecule has 0 bridgehead atoms. The maximum absolute atomic E-state index is 6.01. The zero-order valence-corrected chi connectivity index (χ0v) is 10.6. The fourth-order valence-electron chi connectivity index (χ4n) is 2.23. The van der Waals surface area contributed by atoms with Crippen LogP contribution in [0.3, 0.4) is 0 Å². The van der Waals surface area contributed by atoms with Gasteiger partial charge in [-0.3, -0.25) is 4.98 Å². The summed E-state index contributed by atoms with van der Waals surface area (Å²) in [6, 6.07) is 2.51. The molecule has 2 N–H and O–H groups in total. The summed E-state index contributed by atoms with van der Waals surface area (Å²) in [5.41, 5.74) is 7.83. The molecule has 1 aliphatic carbocycles. The molecule has 0 amide bonds. The number of hydrogen-bond acceptors (Lipinski definition) is 4. The van der Waals surface area contributed by atoms with Crippen LogP contribution in [0.25, 0.3) is 0 Å². The molecule has 17 heavy (non-hydrogen) atoms. The van der Waals surface area contributed by atoms with Gasteiger partial charge in [0.25, 0.3) is 0 Å². The number of nitrogens with two attached hydrogens (primary N) is 1. The molecule has 94 valence electrons. The highest BCUT2D eigenvalue weighted by Crippen LogP contribution is 2.37. The third kappa shape index (κ3) is 2.88. The van der Waals surface area contributed by atoms with Crippen LogP contribution < -0.4 is 10.6 Å². The monoisotopic (exact) mass is 235 g/mol. The number of pyridine rings is 1. The van der Waals surface area contributed by atoms with E-state index >= 15 is 0 Å². The van der Waals surface area contributed by atoms with Crippen LogP contribution >= 0.6 is 0 Å². The van der Waals surface area contributed by atoms with E-state index in [0.717, 1.165) is 30.4 Å². The normalized spacial score (nSPS) is 16.8. The van der Waals surface area contributed by atoms with E-state index in [-0.39, 0.29) is 0 Å². The summed E-state index contributed by atoms with van der Waals surface area (Å²) in [5, 5.41) is 0. The van der Waals surface area contributed by atoms with Crippen molar-refractivity contribution in [3.05, 3.63) is 18.5 Å². The summed E-state index contributed by atoms with van der Waals surface area (Å²) in [6.07, 6.45) is 6.17. The maximum atomic E-state index is 6.01. The molecule has 1 aromatic heterocycles. The number of hydrogen-bond donors (Lipinski definition) is 1. The van der Waals surface area contributed by atoms with Gasteiger partial charge < -0.3 is 15.4 Å². The third-order valence-corrected chi connectivity index (χ3v) is 3.47. The first kappa shape index (κ1) is 12.2. The molecule has 1 aromatic rings. The first-order valence-corrected chi connectivity index (χ1v) is 6.19. The van der Waals surface area contributed by atoms with Crippen LogP contribution in [0.4, 0.5) is 11.4 Å². The highest BCUT2D eigenvalue weighted by atomic mass is 16.5. The topological polar surface area (TPSA) is 51.4 Å². The van der Waals surface area contributed by atoms with E-state index in [1.807, 2.05) is 6.07 Å². The number of ether oxygens (including phenoxy) is 1. The molecule has 1 heterocycles. The standard InChI is InChI=1S/C13H21N3O/c1-10(11-3-4-11)16(7-8-17-2)13-5-6-15-9-12(13)14/h5-6,9-11H,3-4,7-8,14H2,1-2H3. The lowest BCUT2D eigenvalue weighted by molar-refractivity contribution is 0.203. The average Bonchev–Trinajstić information content (AvgIpc) is 3.15. The van der Waals surface area contributed by atoms with Crippen LogP contribution in [-0.4, -0.2) is 31.3 Å². The van der Waals surface area contributed by atoms with Crippen LogP contribution in [0.5, 0.6) is 0 Å². The molecular weight excluding hydrogens is 214 g/mol. The summed E-state index contributed by atoms with van der Waals surface area (Å²) < 4.78 is 5.19. The summed E-state index contributed by atoms with van der Waals surface area (Å²) >= 11 is 0. The van der Waals surface area contributed by atoms with Gasteiger partial charge in [0.05, 0.1) is 24.2 Å². The Bertz CT molecular complexity index is 365. The molecule has 0 radical (unpaired) electrons. The molecular formula is C13H21N3O. The van der Waals surface area contributed by atoms with Gasteiger partial charge in [-0.1, -0.05) is 0 Å². The molecule has 0 aliphatic heterocycles. The van der Waals surface area contributed by atoms with Gasteiger partial charge >= 0.3 is 0 Å². The van der Waals surface area contributed by atoms with Crippen molar-refractivity contribution in [1.82, 2.24) is 4.98 Å². The van der Waals surface area contributed by atoms with E-state index in [2.05, 4.69) is 16.8 Å². The Kier molecular flexibility index (Phi) is 3.84. The zero-order valence-electron chi connectivity index (χ0n) is 10.6. The van der Waals surface area contributed by atoms with Crippen LogP contribution in [-0.2, 0) is 4.74 Å². The van der Waals surface area contributed by atoms with Gasteiger partial charge in [0.15, 0.2) is 0 Å². The minimum Gasteiger partial charge on any atom is -0.396 e. The molecule has 1 aliphatic rings. The molecule has 4 nitrogen and oxygen atoms in total. The summed E-state index contributed by atoms with van der Waals surface area (Å²) in [4.78, 5) is 6.39. The second-order valence-corrected chi connectivity index (χ2v) is 4.70. The summed E-state index contributed by atoms with van der Waals surface area (Å²) in [6.45, 7) is 3.87. The van der Waals surface area contributed by atoms with E-state index in [1.54, 1.807) is 19.5 Å². The fourth-order valence-corrected chi connectivity index (χ4v) is 2.23. The van der Waals surface area contributed by atoms with Crippen molar-refractivity contribution in [2.75, 3.05) is 30.9 Å². The number of nitrogens with zero attached hydrogens (tertiary/aromatic N) is 2. The molecule has 1 atom stereocenters. The Morgan fingerprint density at radius 2 is 2.35 bits per heavy atom. The van der Waals surface area contributed by atoms with Crippen molar-refractivity contribution in [3.8, 4) is 0 Å². The van der Waals surface area contributed by atoms with Crippen molar-refractivity contribution < 1.29 is 4.74 Å². The van der Waals surface area contributed by atoms with Crippen molar-refractivity contribution in [1.29, 1.82) is 0 Å². The Balaban J connectivity index is 2.16. The fraction of sp³-hybridized carbons (Fsp3) is 0.615. The minimum atomic E-state index is 0.523. The number of aromatic nitrogens is 1. The molecule has 2 rings (SSSR count). The minimum absolute atomic E-state index is 0.523. The smallest absolute Gasteiger partial charge is 0.0738 e. The van der Waals surface area contributed by atoms with Gasteiger partial charge in [-0.2, -0.15) is 0 Å². The van der Waals surface area contributed by atoms with Gasteiger partial charge in [-0.05, 0) is 31.7 Å². The highest BCUT2D eigenvalue weighted by Gasteiger charge is 2.32. The van der Waals surface area contributed by atoms with Gasteiger partial charge in [0, 0.05) is 25.9 Å². The Hall–Kier alpha value is -1.29. The predicted octanol–water partition coefficient (Wildman–Crippen LogP) is 1.92. The van der Waals surface area contributed by atoms with Gasteiger partial charge in [-0.25, -0.2) is 0 Å². The summed E-state index contributed by atoms with van der Waals surface area (Å²) in [7, 11) is 1.73. The average molecular weight is 235 g/mol. The third-order valence-electron chi connectivity index (χ3n) is 3.47. The van der Waals surface area contributed by atoms with Crippen molar-refractivity contribution in [2.45, 2.75) is 25.8 Å². The predicted molar refractivity (Wildman–Crippen MR) is 70.1 cm³/mol. The molecule has 0 aromatic carbocycles. The molecule has 4 heteroatoms. The molecule has 1 saturated carbocycles. The van der Waals surface area contributed by atoms with Gasteiger partial charge in [-0.15, -0.1) is 0 Å². The lowest BCUT2D eigenvalue weighted by Gasteiger charge is -2.32. The number of rotatable bonds is 6. The Morgan fingerprint density at radius 3 is 2.94 bits per heavy atom. The maximum Gasteiger partial charge on any atom is 0.0738 e. The first-order chi connectivity index (χ1) is 8.24. The zero-order chi connectivity index (χ0) is 12.3. The number of nitrogen functional groups attached to an aromatic ring is 1. The molecule has 1 unspecified atom stereocenters. The van der Waals surface area contributed by atoms with Gasteiger partial charge in [0.2, 0.25) is 0 Å². The van der Waals surface area contributed by atoms with Gasteiger partial charge in [0.1, 0.15) is 0 Å². The van der Waals surface area contributed by atoms with Crippen LogP contribution in [0, 0.1) is 5.92 Å². The van der Waals surface area contributed by atoms with Crippen molar-refractivity contribution >= 4 is 11.4 Å². The molecule has 0 saturated heterocycles. The second kappa shape index (κ2) is 5.36. The second-order valence-electron chi connectivity index (χ2n) is 4.70.